The minimum Gasteiger partial charge on any atom is -0.478 e. The Morgan fingerprint density at radius 1 is 1.00 bits per heavy atom. The molecule has 0 aliphatic heterocycles. The summed E-state index contributed by atoms with van der Waals surface area (Å²) in [7, 11) is 0. The zero-order valence-electron chi connectivity index (χ0n) is 15.2. The van der Waals surface area contributed by atoms with Crippen LogP contribution >= 0.6 is 0 Å². The van der Waals surface area contributed by atoms with Crippen LogP contribution in [0.2, 0.25) is 0 Å². The summed E-state index contributed by atoms with van der Waals surface area (Å²) in [6.45, 7) is 6.29. The summed E-state index contributed by atoms with van der Waals surface area (Å²) >= 11 is 0. The predicted octanol–water partition coefficient (Wildman–Crippen LogP) is 3.73. The van der Waals surface area contributed by atoms with Crippen molar-refractivity contribution >= 4 is 12.0 Å². The van der Waals surface area contributed by atoms with Gasteiger partial charge in [-0.2, -0.15) is 0 Å². The molecule has 1 unspecified atom stereocenters. The molecular weight excluding hydrogens is 332 g/mol. The maximum Gasteiger partial charge on any atom is 0.335 e. The van der Waals surface area contributed by atoms with Gasteiger partial charge in [-0.15, -0.1) is 0 Å². The number of benzene rings is 2. The molecule has 0 fully saturated rings. The first-order valence-electron chi connectivity index (χ1n) is 8.48. The number of hydrogen-bond donors (Lipinski definition) is 3. The Morgan fingerprint density at radius 2 is 1.62 bits per heavy atom. The summed E-state index contributed by atoms with van der Waals surface area (Å²) in [4.78, 5) is 22.7. The van der Waals surface area contributed by atoms with Crippen LogP contribution in [0.4, 0.5) is 4.79 Å². The molecule has 0 spiro atoms. The standard InChI is InChI=1S/C20H24N2O4/c1-13(2)16-8-10-18(11-9-16)26-14(3)22-20(25)21-12-15-4-6-17(7-5-15)19(23)24/h4-11,13-14H,12H2,1-3H3,(H,23,24)(H2,21,22,25). The first kappa shape index (κ1) is 19.3. The average molecular weight is 356 g/mol. The monoisotopic (exact) mass is 356 g/mol. The van der Waals surface area contributed by atoms with Gasteiger partial charge in [-0.1, -0.05) is 38.1 Å². The fourth-order valence-corrected chi connectivity index (χ4v) is 2.35. The van der Waals surface area contributed by atoms with Gasteiger partial charge < -0.3 is 20.5 Å². The highest BCUT2D eigenvalue weighted by atomic mass is 16.5. The van der Waals surface area contributed by atoms with Gasteiger partial charge in [0.2, 0.25) is 0 Å². The normalized spacial score (nSPS) is 11.7. The smallest absolute Gasteiger partial charge is 0.335 e. The van der Waals surface area contributed by atoms with Crippen LogP contribution < -0.4 is 15.4 Å². The third-order valence-electron chi connectivity index (χ3n) is 3.85. The molecule has 0 saturated carbocycles. The fraction of sp³-hybridized carbons (Fsp3) is 0.300. The van der Waals surface area contributed by atoms with Crippen molar-refractivity contribution in [2.75, 3.05) is 0 Å². The molecule has 26 heavy (non-hydrogen) atoms. The Bertz CT molecular complexity index is 739. The Kier molecular flexibility index (Phi) is 6.60. The van der Waals surface area contributed by atoms with Crippen molar-refractivity contribution in [3.63, 3.8) is 0 Å². The zero-order valence-corrected chi connectivity index (χ0v) is 15.2. The van der Waals surface area contributed by atoms with E-state index in [1.807, 2.05) is 24.3 Å². The van der Waals surface area contributed by atoms with Crippen molar-refractivity contribution in [1.29, 1.82) is 0 Å². The number of carbonyl (C=O) groups is 2. The highest BCUT2D eigenvalue weighted by Gasteiger charge is 2.09. The van der Waals surface area contributed by atoms with Gasteiger partial charge in [0.25, 0.3) is 0 Å². The highest BCUT2D eigenvalue weighted by Crippen LogP contribution is 2.19. The van der Waals surface area contributed by atoms with Gasteiger partial charge in [-0.3, -0.25) is 0 Å². The number of carbonyl (C=O) groups excluding carboxylic acids is 1. The molecule has 0 aliphatic carbocycles. The second kappa shape index (κ2) is 8.89. The minimum absolute atomic E-state index is 0.212. The molecule has 138 valence electrons. The number of ether oxygens (including phenoxy) is 1. The van der Waals surface area contributed by atoms with Crippen molar-refractivity contribution in [2.45, 2.75) is 39.5 Å². The van der Waals surface area contributed by atoms with E-state index in [0.717, 1.165) is 5.56 Å². The van der Waals surface area contributed by atoms with E-state index in [0.29, 0.717) is 18.2 Å². The predicted molar refractivity (Wildman–Crippen MR) is 99.4 cm³/mol. The Balaban J connectivity index is 1.78. The first-order chi connectivity index (χ1) is 12.3. The van der Waals surface area contributed by atoms with E-state index in [-0.39, 0.29) is 11.6 Å². The lowest BCUT2D eigenvalue weighted by molar-refractivity contribution is 0.0696. The lowest BCUT2D eigenvalue weighted by Crippen LogP contribution is -2.43. The van der Waals surface area contributed by atoms with E-state index in [4.69, 9.17) is 9.84 Å². The lowest BCUT2D eigenvalue weighted by atomic mass is 10.0. The molecule has 3 N–H and O–H groups in total. The van der Waals surface area contributed by atoms with Crippen LogP contribution in [-0.4, -0.2) is 23.3 Å². The van der Waals surface area contributed by atoms with Crippen LogP contribution in [0.5, 0.6) is 5.75 Å². The van der Waals surface area contributed by atoms with E-state index >= 15 is 0 Å². The van der Waals surface area contributed by atoms with Gasteiger partial charge in [-0.05, 0) is 48.2 Å². The van der Waals surface area contributed by atoms with Gasteiger partial charge in [-0.25, -0.2) is 9.59 Å². The first-order valence-corrected chi connectivity index (χ1v) is 8.48. The molecule has 0 heterocycles. The van der Waals surface area contributed by atoms with E-state index in [1.165, 1.54) is 17.7 Å². The number of urea groups is 1. The molecule has 1 atom stereocenters. The summed E-state index contributed by atoms with van der Waals surface area (Å²) in [5, 5.41) is 14.3. The van der Waals surface area contributed by atoms with Gasteiger partial charge in [0.05, 0.1) is 5.56 Å². The van der Waals surface area contributed by atoms with Crippen LogP contribution in [0, 0.1) is 0 Å². The Labute approximate surface area is 153 Å². The van der Waals surface area contributed by atoms with Crippen molar-refractivity contribution < 1.29 is 19.4 Å². The Morgan fingerprint density at radius 3 is 2.15 bits per heavy atom. The largest absolute Gasteiger partial charge is 0.478 e. The quantitative estimate of drug-likeness (QED) is 0.660. The molecule has 6 heteroatoms. The van der Waals surface area contributed by atoms with Crippen molar-refractivity contribution in [1.82, 2.24) is 10.6 Å². The minimum atomic E-state index is -0.977. The molecule has 0 aliphatic rings. The number of amides is 2. The molecule has 2 aromatic carbocycles. The SMILES string of the molecule is CC(NC(=O)NCc1ccc(C(=O)O)cc1)Oc1ccc(C(C)C)cc1. The molecular formula is C20H24N2O4. The molecule has 0 saturated heterocycles. The van der Waals surface area contributed by atoms with Gasteiger partial charge in [0, 0.05) is 6.54 Å². The number of nitrogens with one attached hydrogen (secondary N) is 2. The average Bonchev–Trinajstić information content (AvgIpc) is 2.60. The summed E-state index contributed by atoms with van der Waals surface area (Å²) in [6.07, 6.45) is -0.491. The molecule has 2 amide bonds. The van der Waals surface area contributed by atoms with Crippen molar-refractivity contribution in [2.24, 2.45) is 0 Å². The van der Waals surface area contributed by atoms with Crippen LogP contribution in [0.3, 0.4) is 0 Å². The summed E-state index contributed by atoms with van der Waals surface area (Å²) in [5.41, 5.74) is 2.25. The lowest BCUT2D eigenvalue weighted by Gasteiger charge is -2.17. The number of carboxylic acids is 1. The van der Waals surface area contributed by atoms with Crippen molar-refractivity contribution in [3.05, 3.63) is 65.2 Å². The van der Waals surface area contributed by atoms with E-state index in [1.54, 1.807) is 19.1 Å². The fourth-order valence-electron chi connectivity index (χ4n) is 2.35. The van der Waals surface area contributed by atoms with E-state index in [2.05, 4.69) is 24.5 Å². The molecule has 0 bridgehead atoms. The summed E-state index contributed by atoms with van der Waals surface area (Å²) in [6, 6.07) is 13.8. The molecule has 0 radical (unpaired) electrons. The highest BCUT2D eigenvalue weighted by molar-refractivity contribution is 5.87. The van der Waals surface area contributed by atoms with Crippen LogP contribution in [0.1, 0.15) is 48.2 Å². The topological polar surface area (TPSA) is 87.7 Å². The molecule has 2 aromatic rings. The van der Waals surface area contributed by atoms with Crippen LogP contribution in [0.25, 0.3) is 0 Å². The second-order valence-corrected chi connectivity index (χ2v) is 6.31. The number of rotatable bonds is 7. The third-order valence-corrected chi connectivity index (χ3v) is 3.85. The summed E-state index contributed by atoms with van der Waals surface area (Å²) in [5.74, 6) is 0.163. The van der Waals surface area contributed by atoms with Gasteiger partial charge >= 0.3 is 12.0 Å². The van der Waals surface area contributed by atoms with Gasteiger partial charge in [0.15, 0.2) is 6.23 Å². The van der Waals surface area contributed by atoms with E-state index < -0.39 is 12.2 Å². The maximum atomic E-state index is 11.9. The molecule has 6 nitrogen and oxygen atoms in total. The maximum absolute atomic E-state index is 11.9. The zero-order chi connectivity index (χ0) is 19.1. The number of carboxylic acid groups (broad SMARTS) is 1. The van der Waals surface area contributed by atoms with Crippen LogP contribution in [0.15, 0.2) is 48.5 Å². The van der Waals surface area contributed by atoms with Crippen LogP contribution in [-0.2, 0) is 6.54 Å². The number of hydrogen-bond acceptors (Lipinski definition) is 3. The number of aromatic carboxylic acids is 1. The summed E-state index contributed by atoms with van der Waals surface area (Å²) < 4.78 is 5.68. The van der Waals surface area contributed by atoms with E-state index in [9.17, 15) is 9.59 Å². The van der Waals surface area contributed by atoms with Gasteiger partial charge in [0.1, 0.15) is 5.75 Å². The third kappa shape index (κ3) is 5.81. The van der Waals surface area contributed by atoms with Crippen molar-refractivity contribution in [3.8, 4) is 5.75 Å². The molecule has 2 rings (SSSR count). The Hall–Kier alpha value is -3.02. The molecule has 0 aromatic heterocycles. The second-order valence-electron chi connectivity index (χ2n) is 6.31.